The Labute approximate surface area is 183 Å². The molecule has 1 aliphatic heterocycles. The normalized spacial score (nSPS) is 13.6. The molecule has 0 radical (unpaired) electrons. The first kappa shape index (κ1) is 23.9. The molecule has 7 nitrogen and oxygen atoms in total. The van der Waals surface area contributed by atoms with Crippen LogP contribution in [0.15, 0.2) is 16.6 Å². The average molecular weight is 435 g/mol. The molecule has 1 aliphatic rings. The first-order valence-corrected chi connectivity index (χ1v) is 10.7. The van der Waals surface area contributed by atoms with Gasteiger partial charge < -0.3 is 9.64 Å². The fourth-order valence-electron chi connectivity index (χ4n) is 3.06. The Kier molecular flexibility index (Phi) is 8.01. The van der Waals surface area contributed by atoms with Crippen LogP contribution in [0.2, 0.25) is 5.15 Å². The standard InChI is InChI=1S/C22H31ClN4O3/c1-7-9-27(10-8-2)20(28)15-12-17-16(11-14(3)19(23)25-17)24-18(13-15)26-21(29)30-22(4,5)6/h11-12H,7-10,13H2,1-6H3,(H,24,26,29). The van der Waals surface area contributed by atoms with Gasteiger partial charge in [0.05, 0.1) is 11.4 Å². The average Bonchev–Trinajstić information content (AvgIpc) is 2.78. The van der Waals surface area contributed by atoms with Crippen molar-refractivity contribution in [3.8, 4) is 0 Å². The molecule has 0 unspecified atom stereocenters. The van der Waals surface area contributed by atoms with Crippen LogP contribution in [0.1, 0.15) is 65.1 Å². The third-order valence-electron chi connectivity index (χ3n) is 4.28. The van der Waals surface area contributed by atoms with Crippen molar-refractivity contribution in [3.05, 3.63) is 28.0 Å². The summed E-state index contributed by atoms with van der Waals surface area (Å²) >= 11 is 6.21. The number of aliphatic imine (C=N–C) groups is 1. The number of amidine groups is 1. The van der Waals surface area contributed by atoms with Gasteiger partial charge in [0, 0.05) is 25.1 Å². The number of alkyl carbamates (subject to hydrolysis) is 1. The molecular weight excluding hydrogens is 404 g/mol. The van der Waals surface area contributed by atoms with E-state index in [1.807, 2.05) is 25.7 Å². The molecule has 1 aromatic heterocycles. The summed E-state index contributed by atoms with van der Waals surface area (Å²) in [6.07, 6.45) is 2.98. The summed E-state index contributed by atoms with van der Waals surface area (Å²) in [6, 6.07) is 1.79. The summed E-state index contributed by atoms with van der Waals surface area (Å²) in [5.74, 6) is 0.239. The van der Waals surface area contributed by atoms with Crippen molar-refractivity contribution in [2.45, 2.75) is 66.4 Å². The van der Waals surface area contributed by atoms with Gasteiger partial charge in [-0.25, -0.2) is 14.8 Å². The molecule has 0 atom stereocenters. The van der Waals surface area contributed by atoms with Crippen LogP contribution in [0.5, 0.6) is 0 Å². The van der Waals surface area contributed by atoms with Crippen molar-refractivity contribution in [2.24, 2.45) is 4.99 Å². The molecule has 2 rings (SSSR count). The Morgan fingerprint density at radius 2 is 1.87 bits per heavy atom. The Balaban J connectivity index is 2.44. The lowest BCUT2D eigenvalue weighted by molar-refractivity contribution is -0.127. The van der Waals surface area contributed by atoms with Gasteiger partial charge in [-0.3, -0.25) is 10.1 Å². The van der Waals surface area contributed by atoms with Crippen molar-refractivity contribution in [3.63, 3.8) is 0 Å². The van der Waals surface area contributed by atoms with Gasteiger partial charge in [-0.05, 0) is 58.2 Å². The van der Waals surface area contributed by atoms with E-state index in [1.54, 1.807) is 32.9 Å². The van der Waals surface area contributed by atoms with Crippen LogP contribution in [0.25, 0.3) is 6.08 Å². The van der Waals surface area contributed by atoms with Crippen molar-refractivity contribution in [1.29, 1.82) is 0 Å². The highest BCUT2D eigenvalue weighted by molar-refractivity contribution is 6.30. The second-order valence-electron chi connectivity index (χ2n) is 8.32. The molecule has 1 N–H and O–H groups in total. The maximum atomic E-state index is 13.3. The van der Waals surface area contributed by atoms with Crippen molar-refractivity contribution in [1.82, 2.24) is 15.2 Å². The summed E-state index contributed by atoms with van der Waals surface area (Å²) in [7, 11) is 0. The molecule has 0 saturated heterocycles. The maximum Gasteiger partial charge on any atom is 0.413 e. The molecule has 0 bridgehead atoms. The van der Waals surface area contributed by atoms with E-state index in [4.69, 9.17) is 16.3 Å². The number of halogens is 1. The smallest absolute Gasteiger partial charge is 0.413 e. The number of aryl methyl sites for hydroxylation is 1. The Morgan fingerprint density at radius 1 is 1.23 bits per heavy atom. The van der Waals surface area contributed by atoms with E-state index in [1.165, 1.54) is 0 Å². The van der Waals surface area contributed by atoms with Crippen LogP contribution >= 0.6 is 11.6 Å². The fraction of sp³-hybridized carbons (Fsp3) is 0.545. The quantitative estimate of drug-likeness (QED) is 0.658. The maximum absolute atomic E-state index is 13.3. The lowest BCUT2D eigenvalue weighted by Crippen LogP contribution is -2.38. The van der Waals surface area contributed by atoms with E-state index >= 15 is 0 Å². The van der Waals surface area contributed by atoms with Crippen LogP contribution in [0, 0.1) is 6.92 Å². The molecule has 164 valence electrons. The summed E-state index contributed by atoms with van der Waals surface area (Å²) in [5.41, 5.74) is 1.66. The predicted octanol–water partition coefficient (Wildman–Crippen LogP) is 5.03. The second-order valence-corrected chi connectivity index (χ2v) is 8.68. The largest absolute Gasteiger partial charge is 0.444 e. The van der Waals surface area contributed by atoms with Crippen molar-refractivity contribution in [2.75, 3.05) is 13.1 Å². The molecule has 0 saturated carbocycles. The van der Waals surface area contributed by atoms with E-state index in [-0.39, 0.29) is 12.3 Å². The molecule has 2 amide bonds. The number of hydrogen-bond donors (Lipinski definition) is 1. The third kappa shape index (κ3) is 6.55. The van der Waals surface area contributed by atoms with Gasteiger partial charge in [0.1, 0.15) is 16.6 Å². The van der Waals surface area contributed by atoms with Gasteiger partial charge >= 0.3 is 6.09 Å². The second kappa shape index (κ2) is 10.1. The van der Waals surface area contributed by atoms with E-state index in [0.717, 1.165) is 18.4 Å². The van der Waals surface area contributed by atoms with Gasteiger partial charge in [0.2, 0.25) is 5.91 Å². The van der Waals surface area contributed by atoms with Gasteiger partial charge in [0.25, 0.3) is 0 Å². The number of pyridine rings is 1. The number of hydrogen-bond acceptors (Lipinski definition) is 5. The zero-order valence-corrected chi connectivity index (χ0v) is 19.4. The minimum Gasteiger partial charge on any atom is -0.444 e. The number of amides is 2. The van der Waals surface area contributed by atoms with Gasteiger partial charge in [-0.2, -0.15) is 0 Å². The molecule has 0 aliphatic carbocycles. The van der Waals surface area contributed by atoms with E-state index in [2.05, 4.69) is 15.3 Å². The van der Waals surface area contributed by atoms with Crippen molar-refractivity contribution >= 4 is 41.2 Å². The zero-order valence-electron chi connectivity index (χ0n) is 18.6. The van der Waals surface area contributed by atoms with Gasteiger partial charge in [-0.15, -0.1) is 0 Å². The highest BCUT2D eigenvalue weighted by atomic mass is 35.5. The summed E-state index contributed by atoms with van der Waals surface area (Å²) in [5, 5.41) is 3.05. The predicted molar refractivity (Wildman–Crippen MR) is 120 cm³/mol. The summed E-state index contributed by atoms with van der Waals surface area (Å²) in [6.45, 7) is 12.6. The molecule has 1 aromatic rings. The monoisotopic (exact) mass is 434 g/mol. The number of carbonyl (C=O) groups is 2. The lowest BCUT2D eigenvalue weighted by atomic mass is 10.1. The summed E-state index contributed by atoms with van der Waals surface area (Å²) in [4.78, 5) is 36.3. The fourth-order valence-corrected chi connectivity index (χ4v) is 3.20. The number of ether oxygens (including phenoxy) is 1. The molecule has 30 heavy (non-hydrogen) atoms. The highest BCUT2D eigenvalue weighted by Gasteiger charge is 2.25. The molecule has 2 heterocycles. The van der Waals surface area contributed by atoms with Crippen LogP contribution < -0.4 is 5.32 Å². The first-order valence-electron chi connectivity index (χ1n) is 10.3. The number of aromatic nitrogens is 1. The molecule has 8 heteroatoms. The highest BCUT2D eigenvalue weighted by Crippen LogP contribution is 2.29. The van der Waals surface area contributed by atoms with Gasteiger partial charge in [0.15, 0.2) is 0 Å². The van der Waals surface area contributed by atoms with Crippen LogP contribution in [-0.2, 0) is 9.53 Å². The number of rotatable bonds is 5. The minimum absolute atomic E-state index is 0.0938. The third-order valence-corrected chi connectivity index (χ3v) is 4.66. The van der Waals surface area contributed by atoms with Crippen molar-refractivity contribution < 1.29 is 14.3 Å². The SMILES string of the molecule is CCCN(CCC)C(=O)C1=Cc2nc(Cl)c(C)cc2N=C(NC(=O)OC(C)(C)C)C1. The van der Waals surface area contributed by atoms with Gasteiger partial charge in [-0.1, -0.05) is 25.4 Å². The van der Waals surface area contributed by atoms with E-state index in [0.29, 0.717) is 41.0 Å². The van der Waals surface area contributed by atoms with E-state index in [9.17, 15) is 9.59 Å². The molecule has 0 spiro atoms. The number of nitrogens with zero attached hydrogens (tertiary/aromatic N) is 3. The molecule has 0 fully saturated rings. The Hall–Kier alpha value is -2.41. The number of nitrogens with one attached hydrogen (secondary N) is 1. The summed E-state index contributed by atoms with van der Waals surface area (Å²) < 4.78 is 5.35. The first-order chi connectivity index (χ1) is 14.0. The molecule has 0 aromatic carbocycles. The topological polar surface area (TPSA) is 83.9 Å². The Bertz CT molecular complexity index is 866. The van der Waals surface area contributed by atoms with E-state index < -0.39 is 11.7 Å². The zero-order chi connectivity index (χ0) is 22.5. The molecular formula is C22H31ClN4O3. The number of carbonyl (C=O) groups excluding carboxylic acids is 2. The van der Waals surface area contributed by atoms with Crippen LogP contribution in [0.4, 0.5) is 10.5 Å². The van der Waals surface area contributed by atoms with Crippen LogP contribution in [0.3, 0.4) is 0 Å². The lowest BCUT2D eigenvalue weighted by Gasteiger charge is -2.23. The minimum atomic E-state index is -0.646. The number of fused-ring (bicyclic) bond motifs is 1. The van der Waals surface area contributed by atoms with Crippen LogP contribution in [-0.4, -0.2) is 46.4 Å². The Morgan fingerprint density at radius 3 is 2.43 bits per heavy atom.